The number of carbonyl (C=O) groups is 2. The molecule has 0 unspecified atom stereocenters. The van der Waals surface area contributed by atoms with Crippen molar-refractivity contribution in [2.24, 2.45) is 5.41 Å². The fraction of sp³-hybridized carbons (Fsp3) is 0.619. The Balaban J connectivity index is 1.30. The molecule has 0 radical (unpaired) electrons. The van der Waals surface area contributed by atoms with Crippen LogP contribution in [-0.2, 0) is 16.1 Å². The molecule has 29 heavy (non-hydrogen) atoms. The predicted molar refractivity (Wildman–Crippen MR) is 99.2 cm³/mol. The lowest BCUT2D eigenvalue weighted by molar-refractivity contribution is -0.197. The summed E-state index contributed by atoms with van der Waals surface area (Å²) in [5, 5.41) is 0. The molecule has 3 fully saturated rings. The van der Waals surface area contributed by atoms with Gasteiger partial charge in [-0.2, -0.15) is 13.2 Å². The summed E-state index contributed by atoms with van der Waals surface area (Å²) in [6.07, 6.45) is -2.12. The molecule has 1 aromatic carbocycles. The van der Waals surface area contributed by atoms with Crippen LogP contribution in [0.25, 0.3) is 0 Å². The van der Waals surface area contributed by atoms with Crippen molar-refractivity contribution in [2.45, 2.75) is 57.4 Å². The summed E-state index contributed by atoms with van der Waals surface area (Å²) in [5.41, 5.74) is 2.55. The molecule has 158 valence electrons. The third-order valence-corrected chi connectivity index (χ3v) is 6.37. The predicted octanol–water partition coefficient (Wildman–Crippen LogP) is 3.30. The van der Waals surface area contributed by atoms with E-state index in [1.165, 1.54) is 7.11 Å². The molecule has 3 aliphatic rings. The summed E-state index contributed by atoms with van der Waals surface area (Å²) >= 11 is 0. The minimum Gasteiger partial charge on any atom is -0.465 e. The summed E-state index contributed by atoms with van der Waals surface area (Å²) in [7, 11) is 1.35. The number of amides is 1. The Labute approximate surface area is 167 Å². The van der Waals surface area contributed by atoms with Gasteiger partial charge in [-0.05, 0) is 55.2 Å². The molecule has 4 rings (SSSR count). The van der Waals surface area contributed by atoms with Gasteiger partial charge in [0.2, 0.25) is 0 Å². The Morgan fingerprint density at radius 3 is 2.38 bits per heavy atom. The fourth-order valence-corrected chi connectivity index (χ4v) is 4.96. The molecule has 2 saturated carbocycles. The van der Waals surface area contributed by atoms with Crippen LogP contribution in [0.2, 0.25) is 0 Å². The van der Waals surface area contributed by atoms with Gasteiger partial charge in [0.05, 0.1) is 12.7 Å². The minimum absolute atomic E-state index is 0.0463. The second-order valence-corrected chi connectivity index (χ2v) is 8.79. The number of carbonyl (C=O) groups excluding carboxylic acids is 2. The first-order valence-electron chi connectivity index (χ1n) is 9.92. The van der Waals surface area contributed by atoms with Crippen molar-refractivity contribution >= 4 is 11.9 Å². The average molecular weight is 410 g/mol. The molecule has 1 amide bonds. The normalized spacial score (nSPS) is 21.4. The van der Waals surface area contributed by atoms with E-state index in [0.717, 1.165) is 35.7 Å². The van der Waals surface area contributed by atoms with Crippen LogP contribution in [0.15, 0.2) is 18.2 Å². The number of benzene rings is 1. The molecular weight excluding hydrogens is 385 g/mol. The van der Waals surface area contributed by atoms with E-state index in [4.69, 9.17) is 4.74 Å². The summed E-state index contributed by atoms with van der Waals surface area (Å²) < 4.78 is 43.5. The van der Waals surface area contributed by atoms with E-state index in [2.05, 4.69) is 4.90 Å². The molecule has 1 heterocycles. The molecule has 1 aromatic rings. The van der Waals surface area contributed by atoms with E-state index in [-0.39, 0.29) is 23.5 Å². The number of esters is 1. The topological polar surface area (TPSA) is 49.9 Å². The summed E-state index contributed by atoms with van der Waals surface area (Å²) in [6.45, 7) is 4.27. The van der Waals surface area contributed by atoms with E-state index in [9.17, 15) is 22.8 Å². The van der Waals surface area contributed by atoms with Crippen LogP contribution >= 0.6 is 0 Å². The van der Waals surface area contributed by atoms with Gasteiger partial charge in [-0.25, -0.2) is 4.79 Å². The Hall–Kier alpha value is -2.09. The molecular formula is C21H25F3N2O3. The molecule has 1 spiro atoms. The fourth-order valence-electron chi connectivity index (χ4n) is 4.96. The second-order valence-electron chi connectivity index (χ2n) is 8.79. The van der Waals surface area contributed by atoms with Crippen molar-refractivity contribution in [3.05, 3.63) is 34.9 Å². The maximum atomic E-state index is 12.9. The Morgan fingerprint density at radius 1 is 1.21 bits per heavy atom. The van der Waals surface area contributed by atoms with Gasteiger partial charge in [-0.3, -0.25) is 9.69 Å². The third kappa shape index (κ3) is 3.86. The van der Waals surface area contributed by atoms with Crippen molar-refractivity contribution in [1.82, 2.24) is 9.80 Å². The highest BCUT2D eigenvalue weighted by Crippen LogP contribution is 2.52. The third-order valence-electron chi connectivity index (χ3n) is 6.37. The first-order chi connectivity index (χ1) is 13.6. The van der Waals surface area contributed by atoms with Gasteiger partial charge in [0.15, 0.2) is 0 Å². The van der Waals surface area contributed by atoms with E-state index in [0.29, 0.717) is 31.2 Å². The first-order valence-corrected chi connectivity index (χ1v) is 9.92. The summed E-state index contributed by atoms with van der Waals surface area (Å²) in [4.78, 5) is 26.8. The number of aryl methyl sites for hydroxylation is 1. The van der Waals surface area contributed by atoms with Crippen molar-refractivity contribution in [3.8, 4) is 0 Å². The van der Waals surface area contributed by atoms with Crippen molar-refractivity contribution < 1.29 is 27.5 Å². The standard InChI is InChI=1S/C21H25F3N2O3/c1-13-7-14(3-6-17(13)18(27)29-2)10-25-11-20(12-25)8-16(9-20)26(15-4-5-15)19(28)21(22,23)24/h3,6-7,15-16H,4-5,8-12H2,1-2H3. The summed E-state index contributed by atoms with van der Waals surface area (Å²) in [6, 6.07) is 5.14. The number of alkyl halides is 3. The zero-order valence-corrected chi connectivity index (χ0v) is 16.6. The Morgan fingerprint density at radius 2 is 1.86 bits per heavy atom. The lowest BCUT2D eigenvalue weighted by atomic mass is 9.60. The van der Waals surface area contributed by atoms with Crippen LogP contribution in [0.3, 0.4) is 0 Å². The molecule has 5 nitrogen and oxygen atoms in total. The number of rotatable bonds is 5. The maximum absolute atomic E-state index is 12.9. The number of nitrogens with zero attached hydrogens (tertiary/aromatic N) is 2. The lowest BCUT2D eigenvalue weighted by Gasteiger charge is -2.61. The molecule has 0 bridgehead atoms. The van der Waals surface area contributed by atoms with Gasteiger partial charge in [0.25, 0.3) is 0 Å². The largest absolute Gasteiger partial charge is 0.471 e. The second kappa shape index (κ2) is 7.00. The smallest absolute Gasteiger partial charge is 0.465 e. The van der Waals surface area contributed by atoms with Gasteiger partial charge in [-0.15, -0.1) is 0 Å². The van der Waals surface area contributed by atoms with Crippen LogP contribution < -0.4 is 0 Å². The number of hydrogen-bond donors (Lipinski definition) is 0. The van der Waals surface area contributed by atoms with Gasteiger partial charge < -0.3 is 9.64 Å². The van der Waals surface area contributed by atoms with E-state index >= 15 is 0 Å². The van der Waals surface area contributed by atoms with Crippen LogP contribution in [0.5, 0.6) is 0 Å². The van der Waals surface area contributed by atoms with Crippen LogP contribution in [-0.4, -0.2) is 60.1 Å². The number of hydrogen-bond acceptors (Lipinski definition) is 4. The van der Waals surface area contributed by atoms with Gasteiger partial charge in [0, 0.05) is 31.7 Å². The van der Waals surface area contributed by atoms with Gasteiger partial charge in [-0.1, -0.05) is 12.1 Å². The maximum Gasteiger partial charge on any atom is 0.471 e. The molecule has 0 atom stereocenters. The van der Waals surface area contributed by atoms with Crippen molar-refractivity contribution in [3.63, 3.8) is 0 Å². The van der Waals surface area contributed by atoms with E-state index in [1.807, 2.05) is 19.1 Å². The zero-order valence-electron chi connectivity index (χ0n) is 16.6. The molecule has 0 N–H and O–H groups in total. The summed E-state index contributed by atoms with van der Waals surface area (Å²) in [5.74, 6) is -2.02. The van der Waals surface area contributed by atoms with E-state index in [1.54, 1.807) is 6.07 Å². The van der Waals surface area contributed by atoms with Crippen molar-refractivity contribution in [2.75, 3.05) is 20.2 Å². The lowest BCUT2D eigenvalue weighted by Crippen LogP contribution is -2.67. The van der Waals surface area contributed by atoms with Crippen LogP contribution in [0, 0.1) is 12.3 Å². The zero-order chi connectivity index (χ0) is 21.0. The Kier molecular flexibility index (Phi) is 4.88. The van der Waals surface area contributed by atoms with Gasteiger partial charge >= 0.3 is 18.1 Å². The number of likely N-dealkylation sites (tertiary alicyclic amines) is 1. The highest BCUT2D eigenvalue weighted by atomic mass is 19.4. The molecule has 2 aliphatic carbocycles. The highest BCUT2D eigenvalue weighted by molar-refractivity contribution is 5.91. The van der Waals surface area contributed by atoms with Crippen LogP contribution in [0.1, 0.15) is 47.2 Å². The Bertz CT molecular complexity index is 821. The molecule has 1 aliphatic heterocycles. The number of halogens is 3. The van der Waals surface area contributed by atoms with Crippen molar-refractivity contribution in [1.29, 1.82) is 0 Å². The molecule has 1 saturated heterocycles. The average Bonchev–Trinajstić information content (AvgIpc) is 3.41. The molecule has 0 aromatic heterocycles. The quantitative estimate of drug-likeness (QED) is 0.699. The molecule has 8 heteroatoms. The highest BCUT2D eigenvalue weighted by Gasteiger charge is 2.58. The first kappa shape index (κ1) is 20.2. The minimum atomic E-state index is -4.79. The number of methoxy groups -OCH3 is 1. The SMILES string of the molecule is COC(=O)c1ccc(CN2CC3(CC(N(C(=O)C(F)(F)F)C4CC4)C3)C2)cc1C. The van der Waals surface area contributed by atoms with Gasteiger partial charge in [0.1, 0.15) is 0 Å². The van der Waals surface area contributed by atoms with Crippen LogP contribution in [0.4, 0.5) is 13.2 Å². The number of ether oxygens (including phenoxy) is 1. The van der Waals surface area contributed by atoms with E-state index < -0.39 is 12.1 Å². The monoisotopic (exact) mass is 410 g/mol.